The maximum Gasteiger partial charge on any atom is 0.315 e. The Balaban J connectivity index is 1.57. The fourth-order valence-corrected chi connectivity index (χ4v) is 4.12. The number of hydrogen-bond acceptors (Lipinski definition) is 3. The van der Waals surface area contributed by atoms with Gasteiger partial charge in [-0.05, 0) is 37.2 Å². The lowest BCUT2D eigenvalue weighted by atomic mass is 9.78. The van der Waals surface area contributed by atoms with Gasteiger partial charge in [-0.15, -0.1) is 0 Å². The van der Waals surface area contributed by atoms with E-state index in [1.165, 1.54) is 0 Å². The number of amides is 2. The molecule has 26 heavy (non-hydrogen) atoms. The Morgan fingerprint density at radius 1 is 1.15 bits per heavy atom. The number of hydrogen-bond donors (Lipinski definition) is 2. The highest BCUT2D eigenvalue weighted by Gasteiger charge is 2.35. The minimum absolute atomic E-state index is 0.00489. The van der Waals surface area contributed by atoms with Crippen molar-refractivity contribution in [1.82, 2.24) is 10.6 Å². The molecule has 2 heterocycles. The number of carbonyl (C=O) groups excluding carboxylic acids is 1. The molecule has 3 unspecified atom stereocenters. The van der Waals surface area contributed by atoms with Gasteiger partial charge in [0.2, 0.25) is 0 Å². The van der Waals surface area contributed by atoms with Crippen LogP contribution >= 0.6 is 0 Å². The van der Waals surface area contributed by atoms with Crippen LogP contribution in [-0.2, 0) is 4.74 Å². The predicted molar refractivity (Wildman–Crippen MR) is 102 cm³/mol. The summed E-state index contributed by atoms with van der Waals surface area (Å²) in [6, 6.07) is 7.86. The van der Waals surface area contributed by atoms with E-state index in [-0.39, 0.29) is 23.6 Å². The van der Waals surface area contributed by atoms with Gasteiger partial charge in [0, 0.05) is 24.6 Å². The van der Waals surface area contributed by atoms with E-state index in [1.807, 2.05) is 24.3 Å². The highest BCUT2D eigenvalue weighted by molar-refractivity contribution is 5.74. The molecular weight excluding hydrogens is 328 g/mol. The van der Waals surface area contributed by atoms with Crippen LogP contribution in [0.15, 0.2) is 24.3 Å². The normalized spacial score (nSPS) is 26.2. The molecule has 1 saturated heterocycles. The van der Waals surface area contributed by atoms with Gasteiger partial charge < -0.3 is 20.1 Å². The molecule has 2 N–H and O–H groups in total. The Morgan fingerprint density at radius 3 is 2.73 bits per heavy atom. The molecule has 0 radical (unpaired) electrons. The van der Waals surface area contributed by atoms with Gasteiger partial charge in [-0.3, -0.25) is 0 Å². The molecule has 0 saturated carbocycles. The molecule has 1 aromatic carbocycles. The van der Waals surface area contributed by atoms with Crippen LogP contribution in [0.3, 0.4) is 0 Å². The zero-order chi connectivity index (χ0) is 18.6. The Morgan fingerprint density at radius 2 is 1.92 bits per heavy atom. The lowest BCUT2D eigenvalue weighted by Crippen LogP contribution is -2.47. The van der Waals surface area contributed by atoms with Crippen molar-refractivity contribution in [1.29, 1.82) is 0 Å². The van der Waals surface area contributed by atoms with E-state index < -0.39 is 0 Å². The molecule has 2 amide bonds. The number of rotatable bonds is 3. The second-order valence-electron chi connectivity index (χ2n) is 8.50. The summed E-state index contributed by atoms with van der Waals surface area (Å²) >= 11 is 0. The van der Waals surface area contributed by atoms with E-state index in [4.69, 9.17) is 9.47 Å². The van der Waals surface area contributed by atoms with Gasteiger partial charge in [-0.2, -0.15) is 0 Å². The molecule has 3 rings (SSSR count). The van der Waals surface area contributed by atoms with E-state index in [0.717, 1.165) is 43.6 Å². The second-order valence-corrected chi connectivity index (χ2v) is 8.50. The molecule has 1 fully saturated rings. The summed E-state index contributed by atoms with van der Waals surface area (Å²) in [4.78, 5) is 12.5. The smallest absolute Gasteiger partial charge is 0.315 e. The number of carbonyl (C=O) groups is 1. The molecule has 0 bridgehead atoms. The highest BCUT2D eigenvalue weighted by atomic mass is 16.5. The van der Waals surface area contributed by atoms with Crippen molar-refractivity contribution in [2.24, 2.45) is 11.3 Å². The minimum atomic E-state index is -0.107. The van der Waals surface area contributed by atoms with E-state index >= 15 is 0 Å². The quantitative estimate of drug-likeness (QED) is 0.855. The SMILES string of the molecule is CC(C)(C)C1OCCCC1CNC(=O)NC1CCCOc2ccccc21. The van der Waals surface area contributed by atoms with Crippen LogP contribution in [0.4, 0.5) is 4.79 Å². The topological polar surface area (TPSA) is 59.6 Å². The first-order chi connectivity index (χ1) is 12.4. The monoisotopic (exact) mass is 360 g/mol. The summed E-state index contributed by atoms with van der Waals surface area (Å²) in [7, 11) is 0. The number of para-hydroxylation sites is 1. The third-order valence-electron chi connectivity index (χ3n) is 5.32. The van der Waals surface area contributed by atoms with E-state index in [1.54, 1.807) is 0 Å². The first-order valence-corrected chi connectivity index (χ1v) is 9.83. The second kappa shape index (κ2) is 8.30. The number of urea groups is 1. The van der Waals surface area contributed by atoms with Crippen LogP contribution in [0.2, 0.25) is 0 Å². The van der Waals surface area contributed by atoms with Crippen molar-refractivity contribution >= 4 is 6.03 Å². The lowest BCUT2D eigenvalue weighted by Gasteiger charge is -2.40. The summed E-state index contributed by atoms with van der Waals surface area (Å²) in [5.74, 6) is 1.24. The third-order valence-corrected chi connectivity index (χ3v) is 5.32. The average molecular weight is 360 g/mol. The molecule has 5 nitrogen and oxygen atoms in total. The summed E-state index contributed by atoms with van der Waals surface area (Å²) in [5, 5.41) is 6.22. The largest absolute Gasteiger partial charge is 0.493 e. The predicted octanol–water partition coefficient (Wildman–Crippen LogP) is 4.04. The first kappa shape index (κ1) is 19.0. The van der Waals surface area contributed by atoms with E-state index in [2.05, 4.69) is 31.4 Å². The number of ether oxygens (including phenoxy) is 2. The molecule has 144 valence electrons. The maximum absolute atomic E-state index is 12.5. The molecule has 3 atom stereocenters. The molecule has 0 spiro atoms. The van der Waals surface area contributed by atoms with Crippen molar-refractivity contribution in [2.75, 3.05) is 19.8 Å². The fourth-order valence-electron chi connectivity index (χ4n) is 4.12. The highest BCUT2D eigenvalue weighted by Crippen LogP contribution is 2.34. The van der Waals surface area contributed by atoms with E-state index in [9.17, 15) is 4.79 Å². The van der Waals surface area contributed by atoms with Crippen molar-refractivity contribution < 1.29 is 14.3 Å². The Kier molecular flexibility index (Phi) is 6.07. The Bertz CT molecular complexity index is 612. The number of fused-ring (bicyclic) bond motifs is 1. The Hall–Kier alpha value is -1.75. The van der Waals surface area contributed by atoms with Crippen molar-refractivity contribution in [3.05, 3.63) is 29.8 Å². The zero-order valence-electron chi connectivity index (χ0n) is 16.2. The van der Waals surface area contributed by atoms with Crippen LogP contribution in [-0.4, -0.2) is 31.9 Å². The first-order valence-electron chi connectivity index (χ1n) is 9.83. The van der Waals surface area contributed by atoms with Gasteiger partial charge in [0.25, 0.3) is 0 Å². The van der Waals surface area contributed by atoms with Crippen molar-refractivity contribution in [3.63, 3.8) is 0 Å². The summed E-state index contributed by atoms with van der Waals surface area (Å²) < 4.78 is 11.8. The third kappa shape index (κ3) is 4.70. The molecule has 0 aliphatic carbocycles. The van der Waals surface area contributed by atoms with Gasteiger partial charge in [0.15, 0.2) is 0 Å². The van der Waals surface area contributed by atoms with Crippen LogP contribution < -0.4 is 15.4 Å². The number of nitrogens with one attached hydrogen (secondary N) is 2. The summed E-state index contributed by atoms with van der Waals surface area (Å²) in [5.41, 5.74) is 1.15. The summed E-state index contributed by atoms with van der Waals surface area (Å²) in [6.45, 7) is 8.79. The lowest BCUT2D eigenvalue weighted by molar-refractivity contribution is -0.0838. The van der Waals surface area contributed by atoms with Crippen molar-refractivity contribution in [3.8, 4) is 5.75 Å². The van der Waals surface area contributed by atoms with Gasteiger partial charge in [-0.25, -0.2) is 4.79 Å². The fraction of sp³-hybridized carbons (Fsp3) is 0.667. The molecule has 2 aliphatic rings. The van der Waals surface area contributed by atoms with Crippen LogP contribution in [0.1, 0.15) is 58.1 Å². The van der Waals surface area contributed by atoms with Crippen LogP contribution in [0.5, 0.6) is 5.75 Å². The maximum atomic E-state index is 12.5. The summed E-state index contributed by atoms with van der Waals surface area (Å²) in [6.07, 6.45) is 4.17. The molecule has 1 aromatic rings. The Labute approximate surface area is 156 Å². The van der Waals surface area contributed by atoms with Crippen LogP contribution in [0.25, 0.3) is 0 Å². The molecular formula is C21H32N2O3. The molecule has 5 heteroatoms. The number of benzene rings is 1. The average Bonchev–Trinajstić information content (AvgIpc) is 2.82. The van der Waals surface area contributed by atoms with Gasteiger partial charge in [0.1, 0.15) is 5.75 Å². The van der Waals surface area contributed by atoms with Crippen molar-refractivity contribution in [2.45, 2.75) is 58.6 Å². The van der Waals surface area contributed by atoms with Crippen LogP contribution in [0, 0.1) is 11.3 Å². The molecule has 2 aliphatic heterocycles. The van der Waals surface area contributed by atoms with Gasteiger partial charge in [-0.1, -0.05) is 39.0 Å². The van der Waals surface area contributed by atoms with Gasteiger partial charge >= 0.3 is 6.03 Å². The van der Waals surface area contributed by atoms with Gasteiger partial charge in [0.05, 0.1) is 18.8 Å². The molecule has 0 aromatic heterocycles. The minimum Gasteiger partial charge on any atom is -0.493 e. The zero-order valence-corrected chi connectivity index (χ0v) is 16.2. The van der Waals surface area contributed by atoms with E-state index in [0.29, 0.717) is 19.1 Å². The standard InChI is InChI=1S/C21H32N2O3/c1-21(2,3)19-15(8-6-13-26-19)14-22-20(24)23-17-10-7-12-25-18-11-5-4-9-16(17)18/h4-5,9,11,15,17,19H,6-8,10,12-14H2,1-3H3,(H2,22,23,24).